The Morgan fingerprint density at radius 3 is 1.87 bits per heavy atom. The Morgan fingerprint density at radius 1 is 0.767 bits per heavy atom. The number of hydrogen-bond donors (Lipinski definition) is 2. The highest BCUT2D eigenvalue weighted by Gasteiger charge is 2.02. The average molecular weight is 414 g/mol. The van der Waals surface area contributed by atoms with E-state index in [1.54, 1.807) is 48.5 Å². The summed E-state index contributed by atoms with van der Waals surface area (Å²) in [6.07, 6.45) is 11.8. The Balaban J connectivity index is 1.52. The summed E-state index contributed by atoms with van der Waals surface area (Å²) in [5, 5.41) is 12.1. The van der Waals surface area contributed by atoms with Gasteiger partial charge in [-0.1, -0.05) is 58.3 Å². The van der Waals surface area contributed by atoms with Crippen molar-refractivity contribution in [2.75, 3.05) is 6.73 Å². The van der Waals surface area contributed by atoms with Gasteiger partial charge in [0, 0.05) is 6.42 Å². The quantitative estimate of drug-likeness (QED) is 0.256. The van der Waals surface area contributed by atoms with Crippen molar-refractivity contribution in [1.29, 1.82) is 0 Å². The smallest absolute Gasteiger partial charge is 0.222 e. The van der Waals surface area contributed by atoms with Crippen LogP contribution in [0.5, 0.6) is 23.0 Å². The molecule has 164 valence electrons. The SMILES string of the molecule is CCCCCCCCCCCC(=O)NCOc1ccc(Oc2ccc(O)cc2)cc1. The van der Waals surface area contributed by atoms with E-state index >= 15 is 0 Å². The molecule has 2 rings (SSSR count). The lowest BCUT2D eigenvalue weighted by Gasteiger charge is -2.10. The highest BCUT2D eigenvalue weighted by atomic mass is 16.5. The maximum Gasteiger partial charge on any atom is 0.222 e. The fraction of sp³-hybridized carbons (Fsp3) is 0.480. The zero-order valence-corrected chi connectivity index (χ0v) is 18.1. The number of carbonyl (C=O) groups excluding carboxylic acids is 1. The first kappa shape index (κ1) is 23.6. The van der Waals surface area contributed by atoms with E-state index in [1.165, 1.54) is 44.9 Å². The normalized spacial score (nSPS) is 10.6. The lowest BCUT2D eigenvalue weighted by Crippen LogP contribution is -2.27. The molecule has 0 bridgehead atoms. The standard InChI is InChI=1S/C25H35NO4/c1-2-3-4-5-6-7-8-9-10-11-25(28)26-20-29-22-16-18-24(19-17-22)30-23-14-12-21(27)13-15-23/h12-19,27H,2-11,20H2,1H3,(H,26,28). The van der Waals surface area contributed by atoms with Gasteiger partial charge in [0.2, 0.25) is 5.91 Å². The van der Waals surface area contributed by atoms with E-state index < -0.39 is 0 Å². The first-order valence-electron chi connectivity index (χ1n) is 11.1. The maximum absolute atomic E-state index is 11.9. The summed E-state index contributed by atoms with van der Waals surface area (Å²) in [6.45, 7) is 2.40. The molecule has 0 aromatic heterocycles. The third-order valence-corrected chi connectivity index (χ3v) is 4.91. The molecule has 0 heterocycles. The van der Waals surface area contributed by atoms with Crippen molar-refractivity contribution < 1.29 is 19.4 Å². The van der Waals surface area contributed by atoms with E-state index in [1.807, 2.05) is 0 Å². The van der Waals surface area contributed by atoms with E-state index in [4.69, 9.17) is 9.47 Å². The van der Waals surface area contributed by atoms with Crippen LogP contribution in [0.2, 0.25) is 0 Å². The van der Waals surface area contributed by atoms with Crippen LogP contribution in [0, 0.1) is 0 Å². The number of amides is 1. The molecule has 0 aliphatic rings. The summed E-state index contributed by atoms with van der Waals surface area (Å²) >= 11 is 0. The van der Waals surface area contributed by atoms with Crippen LogP contribution >= 0.6 is 0 Å². The van der Waals surface area contributed by atoms with Crippen molar-refractivity contribution in [1.82, 2.24) is 5.32 Å². The van der Waals surface area contributed by atoms with Crippen molar-refractivity contribution in [3.63, 3.8) is 0 Å². The van der Waals surface area contributed by atoms with Crippen LogP contribution in [0.4, 0.5) is 0 Å². The second-order valence-corrected chi connectivity index (χ2v) is 7.53. The van der Waals surface area contributed by atoms with E-state index in [2.05, 4.69) is 12.2 Å². The second-order valence-electron chi connectivity index (χ2n) is 7.53. The molecule has 0 saturated heterocycles. The Morgan fingerprint density at radius 2 is 1.27 bits per heavy atom. The minimum atomic E-state index is 0.0326. The zero-order chi connectivity index (χ0) is 21.4. The highest BCUT2D eigenvalue weighted by molar-refractivity contribution is 5.75. The van der Waals surface area contributed by atoms with Gasteiger partial charge in [0.25, 0.3) is 0 Å². The maximum atomic E-state index is 11.9. The number of unbranched alkanes of at least 4 members (excludes halogenated alkanes) is 8. The monoisotopic (exact) mass is 413 g/mol. The average Bonchev–Trinajstić information content (AvgIpc) is 2.75. The van der Waals surface area contributed by atoms with Gasteiger partial charge >= 0.3 is 0 Å². The van der Waals surface area contributed by atoms with Crippen molar-refractivity contribution in [2.24, 2.45) is 0 Å². The summed E-state index contributed by atoms with van der Waals surface area (Å²) < 4.78 is 11.3. The lowest BCUT2D eigenvalue weighted by molar-refractivity contribution is -0.122. The minimum Gasteiger partial charge on any atom is -0.508 e. The van der Waals surface area contributed by atoms with Crippen molar-refractivity contribution in [3.8, 4) is 23.0 Å². The fourth-order valence-electron chi connectivity index (χ4n) is 3.14. The van der Waals surface area contributed by atoms with Gasteiger partial charge in [0.05, 0.1) is 0 Å². The van der Waals surface area contributed by atoms with Gasteiger partial charge in [-0.3, -0.25) is 4.79 Å². The zero-order valence-electron chi connectivity index (χ0n) is 18.1. The second kappa shape index (κ2) is 14.3. The van der Waals surface area contributed by atoms with Gasteiger partial charge in [0.15, 0.2) is 6.73 Å². The Hall–Kier alpha value is -2.69. The summed E-state index contributed by atoms with van der Waals surface area (Å²) in [4.78, 5) is 11.9. The molecule has 5 heteroatoms. The molecule has 0 atom stereocenters. The van der Waals surface area contributed by atoms with Gasteiger partial charge < -0.3 is 19.9 Å². The number of nitrogens with one attached hydrogen (secondary N) is 1. The summed E-state index contributed by atoms with van der Waals surface area (Å²) in [6, 6.07) is 13.7. The molecule has 0 saturated carbocycles. The lowest BCUT2D eigenvalue weighted by atomic mass is 10.1. The Labute approximate surface area is 180 Å². The molecule has 1 amide bonds. The molecular formula is C25H35NO4. The van der Waals surface area contributed by atoms with Crippen LogP contribution in [0.15, 0.2) is 48.5 Å². The molecule has 0 unspecified atom stereocenters. The molecule has 2 N–H and O–H groups in total. The molecule has 0 aliphatic heterocycles. The molecule has 0 radical (unpaired) electrons. The Bertz CT molecular complexity index is 713. The molecule has 0 spiro atoms. The number of hydrogen-bond acceptors (Lipinski definition) is 4. The van der Waals surface area contributed by atoms with Crippen LogP contribution in [0.3, 0.4) is 0 Å². The van der Waals surface area contributed by atoms with Crippen LogP contribution in [-0.2, 0) is 4.79 Å². The molecule has 5 nitrogen and oxygen atoms in total. The van der Waals surface area contributed by atoms with E-state index in [9.17, 15) is 9.90 Å². The van der Waals surface area contributed by atoms with E-state index in [0.717, 1.165) is 12.8 Å². The van der Waals surface area contributed by atoms with Crippen molar-refractivity contribution >= 4 is 5.91 Å². The number of benzene rings is 2. The van der Waals surface area contributed by atoms with Gasteiger partial charge in [-0.2, -0.15) is 0 Å². The molecule has 0 fully saturated rings. The summed E-state index contributed by atoms with van der Waals surface area (Å²) in [5.74, 6) is 2.21. The van der Waals surface area contributed by atoms with Gasteiger partial charge in [0.1, 0.15) is 23.0 Å². The molecule has 2 aromatic rings. The predicted molar refractivity (Wildman–Crippen MR) is 120 cm³/mol. The third-order valence-electron chi connectivity index (χ3n) is 4.91. The van der Waals surface area contributed by atoms with Gasteiger partial charge in [-0.15, -0.1) is 0 Å². The number of carbonyl (C=O) groups is 1. The molecule has 2 aromatic carbocycles. The van der Waals surface area contributed by atoms with E-state index in [0.29, 0.717) is 23.7 Å². The minimum absolute atomic E-state index is 0.0326. The number of rotatable bonds is 15. The molecular weight excluding hydrogens is 378 g/mol. The number of phenolic OH excluding ortho intramolecular Hbond substituents is 1. The Kier molecular flexibility index (Phi) is 11.3. The van der Waals surface area contributed by atoms with Crippen LogP contribution in [-0.4, -0.2) is 17.7 Å². The number of ether oxygens (including phenoxy) is 2. The fourth-order valence-corrected chi connectivity index (χ4v) is 3.14. The van der Waals surface area contributed by atoms with Crippen LogP contribution in [0.25, 0.3) is 0 Å². The topological polar surface area (TPSA) is 67.8 Å². The summed E-state index contributed by atoms with van der Waals surface area (Å²) in [5.41, 5.74) is 0. The van der Waals surface area contributed by atoms with E-state index in [-0.39, 0.29) is 18.4 Å². The number of aromatic hydroxyl groups is 1. The predicted octanol–water partition coefficient (Wildman–Crippen LogP) is 6.56. The summed E-state index contributed by atoms with van der Waals surface area (Å²) in [7, 11) is 0. The largest absolute Gasteiger partial charge is 0.508 e. The highest BCUT2D eigenvalue weighted by Crippen LogP contribution is 2.25. The van der Waals surface area contributed by atoms with Crippen LogP contribution in [0.1, 0.15) is 71.1 Å². The third kappa shape index (κ3) is 10.2. The first-order chi connectivity index (χ1) is 14.7. The van der Waals surface area contributed by atoms with Crippen LogP contribution < -0.4 is 14.8 Å². The van der Waals surface area contributed by atoms with Crippen molar-refractivity contribution in [2.45, 2.75) is 71.1 Å². The van der Waals surface area contributed by atoms with Crippen molar-refractivity contribution in [3.05, 3.63) is 48.5 Å². The van der Waals surface area contributed by atoms with Gasteiger partial charge in [-0.25, -0.2) is 0 Å². The molecule has 30 heavy (non-hydrogen) atoms. The first-order valence-corrected chi connectivity index (χ1v) is 11.1. The number of phenols is 1. The molecule has 0 aliphatic carbocycles. The van der Waals surface area contributed by atoms with Gasteiger partial charge in [-0.05, 0) is 55.0 Å².